The first-order valence-corrected chi connectivity index (χ1v) is 7.19. The minimum Gasteiger partial charge on any atom is -0.361 e. The summed E-state index contributed by atoms with van der Waals surface area (Å²) in [5.74, 6) is 0.268. The molecule has 0 saturated carbocycles. The van der Waals surface area contributed by atoms with Crippen molar-refractivity contribution in [1.29, 1.82) is 0 Å². The average molecular weight is 282 g/mol. The molecule has 2 aromatic rings. The van der Waals surface area contributed by atoms with Crippen molar-refractivity contribution >= 4 is 10.0 Å². The van der Waals surface area contributed by atoms with E-state index in [1.165, 1.54) is 22.6 Å². The Morgan fingerprint density at radius 2 is 2.00 bits per heavy atom. The predicted octanol–water partition coefficient (Wildman–Crippen LogP) is 1.56. The van der Waals surface area contributed by atoms with Gasteiger partial charge in [0.2, 0.25) is 10.0 Å². The molecule has 0 bridgehead atoms. The molecule has 19 heavy (non-hydrogen) atoms. The Balaban J connectivity index is 1.92. The first kappa shape index (κ1) is 12.3. The smallest absolute Gasteiger partial charge is 0.243 e. The molecule has 1 aromatic heterocycles. The fourth-order valence-corrected chi connectivity index (χ4v) is 3.49. The molecule has 0 atom stereocenters. The molecule has 1 aromatic carbocycles. The standard InChI is InChI=1S/C12H11FN2O3S/c13-10-1-3-11(4-2-10)19(16,17)15-6-5-12-9(8-15)7-14-18-12/h1-4,7H,5-6,8H2. The van der Waals surface area contributed by atoms with Gasteiger partial charge < -0.3 is 4.52 Å². The van der Waals surface area contributed by atoms with Crippen LogP contribution in [0.1, 0.15) is 11.3 Å². The highest BCUT2D eigenvalue weighted by molar-refractivity contribution is 7.89. The zero-order valence-corrected chi connectivity index (χ0v) is 10.7. The lowest BCUT2D eigenvalue weighted by Crippen LogP contribution is -2.35. The van der Waals surface area contributed by atoms with Gasteiger partial charge in [0.1, 0.15) is 11.6 Å². The molecule has 0 aliphatic carbocycles. The van der Waals surface area contributed by atoms with Crippen LogP contribution in [0.4, 0.5) is 4.39 Å². The first-order chi connectivity index (χ1) is 9.07. The maximum Gasteiger partial charge on any atom is 0.243 e. The normalized spacial score (nSPS) is 16.3. The van der Waals surface area contributed by atoms with E-state index in [0.29, 0.717) is 13.0 Å². The lowest BCUT2D eigenvalue weighted by atomic mass is 10.1. The van der Waals surface area contributed by atoms with Gasteiger partial charge in [-0.1, -0.05) is 5.16 Å². The van der Waals surface area contributed by atoms with Gasteiger partial charge in [0.05, 0.1) is 11.1 Å². The Hall–Kier alpha value is -1.73. The van der Waals surface area contributed by atoms with E-state index >= 15 is 0 Å². The maximum absolute atomic E-state index is 12.8. The molecule has 3 rings (SSSR count). The Morgan fingerprint density at radius 1 is 1.26 bits per heavy atom. The molecule has 0 amide bonds. The maximum atomic E-state index is 12.8. The van der Waals surface area contributed by atoms with Crippen LogP contribution in [0, 0.1) is 5.82 Å². The third-order valence-corrected chi connectivity index (χ3v) is 4.98. The lowest BCUT2D eigenvalue weighted by molar-refractivity contribution is 0.331. The van der Waals surface area contributed by atoms with Crippen molar-refractivity contribution in [1.82, 2.24) is 9.46 Å². The summed E-state index contributed by atoms with van der Waals surface area (Å²) in [5, 5.41) is 3.66. The number of benzene rings is 1. The van der Waals surface area contributed by atoms with E-state index in [2.05, 4.69) is 5.16 Å². The molecule has 7 heteroatoms. The van der Waals surface area contributed by atoms with E-state index in [4.69, 9.17) is 4.52 Å². The second-order valence-electron chi connectivity index (χ2n) is 4.32. The molecule has 0 spiro atoms. The molecule has 1 aliphatic heterocycles. The number of fused-ring (bicyclic) bond motifs is 1. The fourth-order valence-electron chi connectivity index (χ4n) is 2.08. The largest absolute Gasteiger partial charge is 0.361 e. The zero-order valence-electron chi connectivity index (χ0n) is 9.91. The Labute approximate surface area is 109 Å². The highest BCUT2D eigenvalue weighted by Gasteiger charge is 2.30. The van der Waals surface area contributed by atoms with Gasteiger partial charge in [0.25, 0.3) is 0 Å². The summed E-state index contributed by atoms with van der Waals surface area (Å²) >= 11 is 0. The van der Waals surface area contributed by atoms with Crippen LogP contribution in [0.3, 0.4) is 0 Å². The van der Waals surface area contributed by atoms with Crippen LogP contribution in [-0.4, -0.2) is 24.4 Å². The van der Waals surface area contributed by atoms with Crippen LogP contribution < -0.4 is 0 Å². The summed E-state index contributed by atoms with van der Waals surface area (Å²) in [6, 6.07) is 4.82. The molecule has 0 radical (unpaired) electrons. The quantitative estimate of drug-likeness (QED) is 0.838. The summed E-state index contributed by atoms with van der Waals surface area (Å²) in [6.45, 7) is 0.570. The molecule has 0 saturated heterocycles. The molecular formula is C12H11FN2O3S. The van der Waals surface area contributed by atoms with Gasteiger partial charge >= 0.3 is 0 Å². The Kier molecular flexibility index (Phi) is 2.87. The van der Waals surface area contributed by atoms with Gasteiger partial charge in [-0.15, -0.1) is 0 Å². The van der Waals surface area contributed by atoms with Crippen molar-refractivity contribution in [3.8, 4) is 0 Å². The Bertz CT molecular complexity index is 694. The van der Waals surface area contributed by atoms with Crippen LogP contribution in [0.15, 0.2) is 39.9 Å². The van der Waals surface area contributed by atoms with Crippen LogP contribution >= 0.6 is 0 Å². The van der Waals surface area contributed by atoms with Gasteiger partial charge in [0, 0.05) is 25.1 Å². The van der Waals surface area contributed by atoms with E-state index in [-0.39, 0.29) is 11.4 Å². The van der Waals surface area contributed by atoms with E-state index in [1.807, 2.05) is 0 Å². The van der Waals surface area contributed by atoms with Crippen LogP contribution in [0.2, 0.25) is 0 Å². The third kappa shape index (κ3) is 2.15. The van der Waals surface area contributed by atoms with Crippen molar-refractivity contribution in [3.05, 3.63) is 47.6 Å². The SMILES string of the molecule is O=S(=O)(c1ccc(F)cc1)N1CCc2oncc2C1. The highest BCUT2D eigenvalue weighted by Crippen LogP contribution is 2.24. The predicted molar refractivity (Wildman–Crippen MR) is 64.2 cm³/mol. The van der Waals surface area contributed by atoms with E-state index in [9.17, 15) is 12.8 Å². The van der Waals surface area contributed by atoms with Gasteiger partial charge in [-0.3, -0.25) is 0 Å². The summed E-state index contributed by atoms with van der Waals surface area (Å²) in [4.78, 5) is 0.0915. The number of aromatic nitrogens is 1. The van der Waals surface area contributed by atoms with Gasteiger partial charge in [-0.2, -0.15) is 4.31 Å². The van der Waals surface area contributed by atoms with E-state index in [1.54, 1.807) is 0 Å². The molecule has 2 heterocycles. The first-order valence-electron chi connectivity index (χ1n) is 5.75. The second-order valence-corrected chi connectivity index (χ2v) is 6.25. The average Bonchev–Trinajstić information content (AvgIpc) is 2.86. The van der Waals surface area contributed by atoms with Gasteiger partial charge in [-0.05, 0) is 24.3 Å². The molecule has 0 N–H and O–H groups in total. The summed E-state index contributed by atoms with van der Waals surface area (Å²) < 4.78 is 44.0. The number of nitrogens with zero attached hydrogens (tertiary/aromatic N) is 2. The van der Waals surface area contributed by atoms with Crippen molar-refractivity contribution in [2.45, 2.75) is 17.9 Å². The molecule has 5 nitrogen and oxygen atoms in total. The van der Waals surface area contributed by atoms with Crippen molar-refractivity contribution < 1.29 is 17.3 Å². The summed E-state index contributed by atoms with van der Waals surface area (Å²) in [6.07, 6.45) is 2.03. The lowest BCUT2D eigenvalue weighted by Gasteiger charge is -2.24. The number of hydrogen-bond donors (Lipinski definition) is 0. The van der Waals surface area contributed by atoms with Crippen LogP contribution in [0.25, 0.3) is 0 Å². The monoisotopic (exact) mass is 282 g/mol. The number of rotatable bonds is 2. The highest BCUT2D eigenvalue weighted by atomic mass is 32.2. The summed E-state index contributed by atoms with van der Waals surface area (Å²) in [7, 11) is -3.60. The van der Waals surface area contributed by atoms with Gasteiger partial charge in [-0.25, -0.2) is 12.8 Å². The minimum absolute atomic E-state index is 0.0915. The number of hydrogen-bond acceptors (Lipinski definition) is 4. The van der Waals surface area contributed by atoms with Crippen LogP contribution in [-0.2, 0) is 23.0 Å². The second kappa shape index (κ2) is 4.43. The van der Waals surface area contributed by atoms with E-state index in [0.717, 1.165) is 23.5 Å². The molecule has 1 aliphatic rings. The van der Waals surface area contributed by atoms with Crippen LogP contribution in [0.5, 0.6) is 0 Å². The topological polar surface area (TPSA) is 63.4 Å². The Morgan fingerprint density at radius 3 is 2.74 bits per heavy atom. The molecule has 0 unspecified atom stereocenters. The zero-order chi connectivity index (χ0) is 13.5. The molecule has 100 valence electrons. The van der Waals surface area contributed by atoms with Crippen molar-refractivity contribution in [2.75, 3.05) is 6.54 Å². The fraction of sp³-hybridized carbons (Fsp3) is 0.250. The molecular weight excluding hydrogens is 271 g/mol. The minimum atomic E-state index is -3.60. The van der Waals surface area contributed by atoms with Gasteiger partial charge in [0.15, 0.2) is 0 Å². The third-order valence-electron chi connectivity index (χ3n) is 3.12. The summed E-state index contributed by atoms with van der Waals surface area (Å²) in [5.41, 5.74) is 0.775. The van der Waals surface area contributed by atoms with Crippen molar-refractivity contribution in [3.63, 3.8) is 0 Å². The number of halogens is 1. The number of sulfonamides is 1. The van der Waals surface area contributed by atoms with E-state index < -0.39 is 15.8 Å². The van der Waals surface area contributed by atoms with Crippen molar-refractivity contribution in [2.24, 2.45) is 0 Å². The molecule has 0 fully saturated rings.